The summed E-state index contributed by atoms with van der Waals surface area (Å²) < 4.78 is 25.1. The van der Waals surface area contributed by atoms with Crippen LogP contribution in [0.15, 0.2) is 29.2 Å². The summed E-state index contributed by atoms with van der Waals surface area (Å²) in [6.45, 7) is 2.34. The highest BCUT2D eigenvalue weighted by molar-refractivity contribution is 7.89. The minimum atomic E-state index is -3.42. The maximum absolute atomic E-state index is 12.0. The van der Waals surface area contributed by atoms with E-state index in [-0.39, 0.29) is 16.8 Å². The molecular weight excluding hydrogens is 290 g/mol. The molecule has 6 nitrogen and oxygen atoms in total. The van der Waals surface area contributed by atoms with Gasteiger partial charge in [-0.05, 0) is 37.6 Å². The first-order chi connectivity index (χ1) is 9.78. The number of rotatable bonds is 7. The lowest BCUT2D eigenvalue weighted by Crippen LogP contribution is -2.27. The van der Waals surface area contributed by atoms with Gasteiger partial charge in [-0.1, -0.05) is 12.1 Å². The molecule has 1 unspecified atom stereocenters. The van der Waals surface area contributed by atoms with E-state index >= 15 is 0 Å². The van der Waals surface area contributed by atoms with Crippen LogP contribution in [-0.4, -0.2) is 39.3 Å². The third-order valence-corrected chi connectivity index (χ3v) is 4.97. The lowest BCUT2D eigenvalue weighted by atomic mass is 10.1. The van der Waals surface area contributed by atoms with Crippen LogP contribution in [0.3, 0.4) is 0 Å². The number of sulfonamides is 1. The minimum absolute atomic E-state index is 0.0575. The molecule has 1 aromatic rings. The van der Waals surface area contributed by atoms with Crippen molar-refractivity contribution in [3.63, 3.8) is 0 Å². The van der Waals surface area contributed by atoms with E-state index in [1.165, 1.54) is 18.4 Å². The smallest absolute Gasteiger partial charge is 0.242 e. The van der Waals surface area contributed by atoms with Gasteiger partial charge in [0.2, 0.25) is 15.9 Å². The highest BCUT2D eigenvalue weighted by Gasteiger charge is 2.17. The van der Waals surface area contributed by atoms with Crippen molar-refractivity contribution in [1.29, 1.82) is 0 Å². The van der Waals surface area contributed by atoms with Crippen LogP contribution < -0.4 is 11.1 Å². The average molecular weight is 313 g/mol. The van der Waals surface area contributed by atoms with Gasteiger partial charge in [0.05, 0.1) is 10.9 Å². The standard InChI is InChI=1S/C14H23N3O3S/c1-11(16-14(18)5-4-10-15)12-6-8-13(9-7-12)21(19,20)17(2)3/h6-9,11H,4-5,10,15H2,1-3H3,(H,16,18). The highest BCUT2D eigenvalue weighted by atomic mass is 32.2. The molecule has 1 amide bonds. The molecule has 0 fully saturated rings. The fourth-order valence-electron chi connectivity index (χ4n) is 1.80. The predicted octanol–water partition coefficient (Wildman–Crippen LogP) is 0.853. The second kappa shape index (κ2) is 7.53. The molecule has 0 aliphatic rings. The molecule has 0 saturated carbocycles. The van der Waals surface area contributed by atoms with Gasteiger partial charge in [-0.15, -0.1) is 0 Å². The maximum Gasteiger partial charge on any atom is 0.242 e. The zero-order valence-electron chi connectivity index (χ0n) is 12.7. The number of carbonyl (C=O) groups is 1. The fourth-order valence-corrected chi connectivity index (χ4v) is 2.70. The van der Waals surface area contributed by atoms with E-state index in [0.717, 1.165) is 5.56 Å². The lowest BCUT2D eigenvalue weighted by Gasteiger charge is -2.16. The van der Waals surface area contributed by atoms with Gasteiger partial charge < -0.3 is 11.1 Å². The minimum Gasteiger partial charge on any atom is -0.350 e. The van der Waals surface area contributed by atoms with Crippen molar-refractivity contribution in [2.24, 2.45) is 5.73 Å². The van der Waals surface area contributed by atoms with Crippen molar-refractivity contribution in [1.82, 2.24) is 9.62 Å². The van der Waals surface area contributed by atoms with E-state index in [0.29, 0.717) is 19.4 Å². The molecule has 1 rings (SSSR count). The second-order valence-corrected chi connectivity index (χ2v) is 7.19. The predicted molar refractivity (Wildman–Crippen MR) is 82.2 cm³/mol. The van der Waals surface area contributed by atoms with Crippen molar-refractivity contribution in [3.05, 3.63) is 29.8 Å². The number of nitrogens with zero attached hydrogens (tertiary/aromatic N) is 1. The Morgan fingerprint density at radius 3 is 2.33 bits per heavy atom. The third kappa shape index (κ3) is 4.80. The zero-order chi connectivity index (χ0) is 16.0. The molecule has 0 saturated heterocycles. The quantitative estimate of drug-likeness (QED) is 0.780. The number of nitrogens with two attached hydrogens (primary N) is 1. The van der Waals surface area contributed by atoms with Crippen LogP contribution in [0, 0.1) is 0 Å². The van der Waals surface area contributed by atoms with E-state index in [2.05, 4.69) is 5.32 Å². The van der Waals surface area contributed by atoms with E-state index in [9.17, 15) is 13.2 Å². The fraction of sp³-hybridized carbons (Fsp3) is 0.500. The molecule has 0 heterocycles. The number of amides is 1. The first kappa shape index (κ1) is 17.6. The number of nitrogens with one attached hydrogen (secondary N) is 1. The topological polar surface area (TPSA) is 92.5 Å². The summed E-state index contributed by atoms with van der Waals surface area (Å²) in [4.78, 5) is 11.9. The normalized spacial score (nSPS) is 13.2. The molecule has 0 aromatic heterocycles. The summed E-state index contributed by atoms with van der Waals surface area (Å²) in [6, 6.07) is 6.35. The van der Waals surface area contributed by atoms with Crippen molar-refractivity contribution in [2.75, 3.05) is 20.6 Å². The average Bonchev–Trinajstić information content (AvgIpc) is 2.45. The summed E-state index contributed by atoms with van der Waals surface area (Å²) >= 11 is 0. The molecular formula is C14H23N3O3S. The Morgan fingerprint density at radius 2 is 1.86 bits per heavy atom. The molecule has 0 bridgehead atoms. The molecule has 1 aromatic carbocycles. The third-order valence-electron chi connectivity index (χ3n) is 3.14. The van der Waals surface area contributed by atoms with Crippen molar-refractivity contribution < 1.29 is 13.2 Å². The summed E-state index contributed by atoms with van der Waals surface area (Å²) in [5, 5.41) is 2.86. The Balaban J connectivity index is 2.76. The van der Waals surface area contributed by atoms with Crippen LogP contribution >= 0.6 is 0 Å². The van der Waals surface area contributed by atoms with Crippen LogP contribution in [-0.2, 0) is 14.8 Å². The Morgan fingerprint density at radius 1 is 1.29 bits per heavy atom. The van der Waals surface area contributed by atoms with Gasteiger partial charge in [0.1, 0.15) is 0 Å². The molecule has 0 aliphatic heterocycles. The van der Waals surface area contributed by atoms with Crippen molar-refractivity contribution >= 4 is 15.9 Å². The van der Waals surface area contributed by atoms with Gasteiger partial charge in [-0.25, -0.2) is 12.7 Å². The van der Waals surface area contributed by atoms with Gasteiger partial charge >= 0.3 is 0 Å². The molecule has 21 heavy (non-hydrogen) atoms. The van der Waals surface area contributed by atoms with E-state index in [4.69, 9.17) is 5.73 Å². The number of benzene rings is 1. The molecule has 0 aliphatic carbocycles. The van der Waals surface area contributed by atoms with Gasteiger partial charge in [-0.3, -0.25) is 4.79 Å². The number of hydrogen-bond acceptors (Lipinski definition) is 4. The Hall–Kier alpha value is -1.44. The van der Waals surface area contributed by atoms with Crippen LogP contribution in [0.5, 0.6) is 0 Å². The van der Waals surface area contributed by atoms with Crippen LogP contribution in [0.1, 0.15) is 31.4 Å². The number of hydrogen-bond donors (Lipinski definition) is 2. The summed E-state index contributed by atoms with van der Waals surface area (Å²) in [6.07, 6.45) is 1.05. The summed E-state index contributed by atoms with van der Waals surface area (Å²) in [5.74, 6) is -0.0575. The van der Waals surface area contributed by atoms with E-state index in [1.807, 2.05) is 6.92 Å². The summed E-state index contributed by atoms with van der Waals surface area (Å²) in [7, 11) is -0.443. The first-order valence-electron chi connectivity index (χ1n) is 6.81. The van der Waals surface area contributed by atoms with Crippen LogP contribution in [0.2, 0.25) is 0 Å². The maximum atomic E-state index is 12.0. The monoisotopic (exact) mass is 313 g/mol. The number of carbonyl (C=O) groups excluding carboxylic acids is 1. The Kier molecular flexibility index (Phi) is 6.32. The van der Waals surface area contributed by atoms with Gasteiger partial charge in [0.25, 0.3) is 0 Å². The zero-order valence-corrected chi connectivity index (χ0v) is 13.5. The largest absolute Gasteiger partial charge is 0.350 e. The van der Waals surface area contributed by atoms with Gasteiger partial charge in [-0.2, -0.15) is 0 Å². The Labute approximate surface area is 126 Å². The van der Waals surface area contributed by atoms with Crippen molar-refractivity contribution in [3.8, 4) is 0 Å². The highest BCUT2D eigenvalue weighted by Crippen LogP contribution is 2.18. The Bertz CT molecular complexity index is 568. The molecule has 118 valence electrons. The molecule has 1 atom stereocenters. The van der Waals surface area contributed by atoms with E-state index in [1.54, 1.807) is 24.3 Å². The van der Waals surface area contributed by atoms with Crippen molar-refractivity contribution in [2.45, 2.75) is 30.7 Å². The van der Waals surface area contributed by atoms with Gasteiger partial charge in [0.15, 0.2) is 0 Å². The molecule has 0 spiro atoms. The molecule has 3 N–H and O–H groups in total. The van der Waals surface area contributed by atoms with Crippen LogP contribution in [0.4, 0.5) is 0 Å². The summed E-state index contributed by atoms with van der Waals surface area (Å²) in [5.41, 5.74) is 6.22. The van der Waals surface area contributed by atoms with Gasteiger partial charge in [0, 0.05) is 20.5 Å². The second-order valence-electron chi connectivity index (χ2n) is 5.04. The first-order valence-corrected chi connectivity index (χ1v) is 8.25. The SMILES string of the molecule is CC(NC(=O)CCCN)c1ccc(S(=O)(=O)N(C)C)cc1. The molecule has 0 radical (unpaired) electrons. The van der Waals surface area contributed by atoms with E-state index < -0.39 is 10.0 Å². The van der Waals surface area contributed by atoms with Crippen LogP contribution in [0.25, 0.3) is 0 Å². The lowest BCUT2D eigenvalue weighted by molar-refractivity contribution is -0.121. The molecule has 7 heteroatoms.